The van der Waals surface area contributed by atoms with Gasteiger partial charge in [-0.3, -0.25) is 9.59 Å². The van der Waals surface area contributed by atoms with Crippen LogP contribution in [-0.2, 0) is 16.0 Å². The number of nitrogens with zero attached hydrogens (tertiary/aromatic N) is 6. The van der Waals surface area contributed by atoms with Crippen molar-refractivity contribution in [2.45, 2.75) is 6.42 Å². The van der Waals surface area contributed by atoms with Crippen LogP contribution in [0.1, 0.15) is 22.3 Å². The molecule has 0 saturated carbocycles. The van der Waals surface area contributed by atoms with Crippen LogP contribution in [0.3, 0.4) is 0 Å². The van der Waals surface area contributed by atoms with Crippen LogP contribution in [0.25, 0.3) is 0 Å². The fraction of sp³-hybridized carbons (Fsp3) is 0.268. The molecule has 0 atom stereocenters. The van der Waals surface area contributed by atoms with Crippen LogP contribution in [0.5, 0.6) is 0 Å². The summed E-state index contributed by atoms with van der Waals surface area (Å²) >= 11 is 13.9. The number of para-hydroxylation sites is 2. The third kappa shape index (κ3) is 11.0. The maximum atomic E-state index is 12.9. The second-order valence-electron chi connectivity index (χ2n) is 13.0. The third-order valence-electron chi connectivity index (χ3n) is 9.34. The molecule has 0 spiro atoms. The number of carbonyl (C=O) groups is 2. The lowest BCUT2D eigenvalue weighted by atomic mass is 10.00. The molecule has 10 nitrogen and oxygen atoms in total. The van der Waals surface area contributed by atoms with Gasteiger partial charge in [0.25, 0.3) is 0 Å². The number of piperazine rings is 2. The summed E-state index contributed by atoms with van der Waals surface area (Å²) in [5.41, 5.74) is 5.62. The molecule has 6 rings (SSSR count). The quantitative estimate of drug-likeness (QED) is 0.169. The summed E-state index contributed by atoms with van der Waals surface area (Å²) < 4.78 is 1.38. The van der Waals surface area contributed by atoms with Gasteiger partial charge in [-0.25, -0.2) is 0 Å². The first-order chi connectivity index (χ1) is 26.8. The number of rotatable bonds is 10. The molecule has 14 heteroatoms. The van der Waals surface area contributed by atoms with Crippen molar-refractivity contribution in [1.82, 2.24) is 9.80 Å². The maximum absolute atomic E-state index is 12.9. The number of thiocarbonyl (C=S) groups is 2. The zero-order chi connectivity index (χ0) is 38.6. The lowest BCUT2D eigenvalue weighted by Gasteiger charge is -2.37. The summed E-state index contributed by atoms with van der Waals surface area (Å²) in [4.78, 5) is 34.6. The van der Waals surface area contributed by atoms with E-state index in [0.29, 0.717) is 37.6 Å². The van der Waals surface area contributed by atoms with E-state index in [1.54, 1.807) is 24.3 Å². The number of nitrogens with one attached hydrogen (secondary N) is 2. The summed E-state index contributed by atoms with van der Waals surface area (Å²) in [6, 6.07) is 35.6. The van der Waals surface area contributed by atoms with Gasteiger partial charge in [-0.15, -0.1) is 0 Å². The first-order valence-corrected chi connectivity index (χ1v) is 20.7. The third-order valence-corrected chi connectivity index (χ3v) is 12.4. The zero-order valence-corrected chi connectivity index (χ0v) is 33.4. The second-order valence-corrected chi connectivity index (χ2v) is 16.2. The first kappa shape index (κ1) is 39.6. The van der Waals surface area contributed by atoms with Gasteiger partial charge < -0.3 is 30.2 Å². The Morgan fingerprint density at radius 3 is 1.33 bits per heavy atom. The van der Waals surface area contributed by atoms with Crippen LogP contribution in [0.4, 0.5) is 22.7 Å². The van der Waals surface area contributed by atoms with Crippen molar-refractivity contribution >= 4 is 91.2 Å². The highest BCUT2D eigenvalue weighted by atomic mass is 32.2. The molecule has 280 valence electrons. The van der Waals surface area contributed by atoms with Gasteiger partial charge in [0.05, 0.1) is 34.0 Å². The Morgan fingerprint density at radius 1 is 0.582 bits per heavy atom. The van der Waals surface area contributed by atoms with Crippen molar-refractivity contribution in [3.05, 3.63) is 119 Å². The molecule has 2 aliphatic rings. The number of carbonyl (C=O) groups excluding carboxylic acids is 2. The van der Waals surface area contributed by atoms with Crippen molar-refractivity contribution in [2.75, 3.05) is 84.3 Å². The predicted octanol–water partition coefficient (Wildman–Crippen LogP) is 6.58. The standard InChI is InChI=1S/C41H40N8O2S4/c42-26-32-24-30(11-13-36(32)44-38(50)28-54-40(52)48-19-15-46(16-20-48)34-7-3-1-4-8-34)23-31-12-14-37(33(25-31)27-43)45-39(51)29-55-41(53)49-21-17-47(18-22-49)35-9-5-2-6-10-35/h1-14,24-25H,15-23,28-29H2,(H,44,50)(H,45,51). The molecule has 2 aliphatic heterocycles. The molecule has 0 radical (unpaired) electrons. The molecule has 2 saturated heterocycles. The van der Waals surface area contributed by atoms with E-state index in [1.807, 2.05) is 48.5 Å². The predicted molar refractivity (Wildman–Crippen MR) is 233 cm³/mol. The number of thioether (sulfide) groups is 2. The highest BCUT2D eigenvalue weighted by Gasteiger charge is 2.22. The van der Waals surface area contributed by atoms with Gasteiger partial charge in [-0.05, 0) is 66.1 Å². The summed E-state index contributed by atoms with van der Waals surface area (Å²) in [6.07, 6.45) is 0.454. The number of nitriles is 2. The highest BCUT2D eigenvalue weighted by molar-refractivity contribution is 8.23. The van der Waals surface area contributed by atoms with Crippen LogP contribution in [0.2, 0.25) is 0 Å². The van der Waals surface area contributed by atoms with Crippen molar-refractivity contribution in [1.29, 1.82) is 10.5 Å². The lowest BCUT2D eigenvalue weighted by molar-refractivity contribution is -0.114. The van der Waals surface area contributed by atoms with Crippen LogP contribution in [-0.4, -0.2) is 94.1 Å². The Morgan fingerprint density at radius 2 is 0.964 bits per heavy atom. The Bertz CT molecular complexity index is 1940. The SMILES string of the molecule is N#Cc1cc(Cc2ccc(NC(=O)CSC(=S)N3CCN(c4ccccc4)CC3)c(C#N)c2)ccc1NC(=O)CSC(=S)N1CCN(c2ccccc2)CC1. The lowest BCUT2D eigenvalue weighted by Crippen LogP contribution is -2.47. The molecule has 2 N–H and O–H groups in total. The van der Waals surface area contributed by atoms with E-state index in [1.165, 1.54) is 34.9 Å². The van der Waals surface area contributed by atoms with Crippen LogP contribution < -0.4 is 20.4 Å². The molecule has 2 amide bonds. The first-order valence-electron chi connectivity index (χ1n) is 17.9. The normalized spacial score (nSPS) is 14.1. The van der Waals surface area contributed by atoms with Gasteiger partial charge in [0.1, 0.15) is 20.8 Å². The minimum Gasteiger partial charge on any atom is -0.368 e. The van der Waals surface area contributed by atoms with Gasteiger partial charge in [-0.2, -0.15) is 10.5 Å². The summed E-state index contributed by atoms with van der Waals surface area (Å²) in [5.74, 6) is -0.195. The molecular weight excluding hydrogens is 765 g/mol. The number of amides is 2. The summed E-state index contributed by atoms with van der Waals surface area (Å²) in [6.45, 7) is 6.59. The Hall–Kier alpha value is -5.12. The molecule has 0 aliphatic carbocycles. The molecule has 55 heavy (non-hydrogen) atoms. The van der Waals surface area contributed by atoms with Gasteiger partial charge in [0.2, 0.25) is 11.8 Å². The molecule has 4 aromatic carbocycles. The van der Waals surface area contributed by atoms with Crippen molar-refractivity contribution in [3.8, 4) is 12.1 Å². The van der Waals surface area contributed by atoms with E-state index >= 15 is 0 Å². The van der Waals surface area contributed by atoms with Gasteiger partial charge in [-0.1, -0.05) is 96.5 Å². The van der Waals surface area contributed by atoms with E-state index in [2.05, 4.69) is 66.6 Å². The maximum Gasteiger partial charge on any atom is 0.234 e. The topological polar surface area (TPSA) is 119 Å². The van der Waals surface area contributed by atoms with Gasteiger partial charge >= 0.3 is 0 Å². The van der Waals surface area contributed by atoms with Gasteiger partial charge in [0.15, 0.2) is 0 Å². The number of hydrogen-bond donors (Lipinski definition) is 2. The number of hydrogen-bond acceptors (Lipinski definition) is 10. The van der Waals surface area contributed by atoms with Crippen molar-refractivity contribution in [3.63, 3.8) is 0 Å². The monoisotopic (exact) mass is 804 g/mol. The van der Waals surface area contributed by atoms with E-state index in [9.17, 15) is 20.1 Å². The van der Waals surface area contributed by atoms with Crippen molar-refractivity contribution < 1.29 is 9.59 Å². The molecule has 0 unspecified atom stereocenters. The Kier molecular flexibility index (Phi) is 14.0. The minimum atomic E-state index is -0.238. The van der Waals surface area contributed by atoms with Crippen LogP contribution in [0.15, 0.2) is 97.1 Å². The molecular formula is C41H40N8O2S4. The van der Waals surface area contributed by atoms with E-state index < -0.39 is 0 Å². The average Bonchev–Trinajstić information content (AvgIpc) is 3.23. The van der Waals surface area contributed by atoms with Crippen LogP contribution >= 0.6 is 48.0 Å². The fourth-order valence-electron chi connectivity index (χ4n) is 6.42. The minimum absolute atomic E-state index is 0.141. The van der Waals surface area contributed by atoms with E-state index in [-0.39, 0.29) is 23.3 Å². The fourth-order valence-corrected chi connectivity index (χ4v) is 8.53. The molecule has 4 aromatic rings. The molecule has 2 fully saturated rings. The molecule has 0 aromatic heterocycles. The van der Waals surface area contributed by atoms with E-state index in [4.69, 9.17) is 24.4 Å². The largest absolute Gasteiger partial charge is 0.368 e. The van der Waals surface area contributed by atoms with E-state index in [0.717, 1.165) is 63.5 Å². The average molecular weight is 805 g/mol. The molecule has 0 bridgehead atoms. The smallest absolute Gasteiger partial charge is 0.234 e. The second kappa shape index (κ2) is 19.5. The van der Waals surface area contributed by atoms with Crippen LogP contribution in [0, 0.1) is 22.7 Å². The molecule has 2 heterocycles. The number of benzene rings is 4. The number of anilines is 4. The Labute approximate surface area is 341 Å². The Balaban J connectivity index is 0.944. The zero-order valence-electron chi connectivity index (χ0n) is 30.1. The van der Waals surface area contributed by atoms with Gasteiger partial charge in [0, 0.05) is 63.7 Å². The summed E-state index contributed by atoms with van der Waals surface area (Å²) in [5, 5.41) is 25.5. The highest BCUT2D eigenvalue weighted by Crippen LogP contribution is 2.24. The van der Waals surface area contributed by atoms with Crippen molar-refractivity contribution in [2.24, 2.45) is 0 Å². The summed E-state index contributed by atoms with van der Waals surface area (Å²) in [7, 11) is 0.